The van der Waals surface area contributed by atoms with Gasteiger partial charge in [-0.3, -0.25) is 0 Å². The largest absolute Gasteiger partial charge is 0.381 e. The second kappa shape index (κ2) is 6.61. The van der Waals surface area contributed by atoms with Crippen LogP contribution in [0.1, 0.15) is 31.7 Å². The van der Waals surface area contributed by atoms with Gasteiger partial charge in [-0.15, -0.1) is 0 Å². The van der Waals surface area contributed by atoms with Gasteiger partial charge >= 0.3 is 0 Å². The molecule has 0 N–H and O–H groups in total. The maximum absolute atomic E-state index is 5.41. The van der Waals surface area contributed by atoms with E-state index in [4.69, 9.17) is 4.74 Å². The van der Waals surface area contributed by atoms with Crippen LogP contribution < -0.4 is 0 Å². The zero-order chi connectivity index (χ0) is 10.2. The molecule has 0 aliphatic heterocycles. The van der Waals surface area contributed by atoms with Crippen LogP contribution in [0.2, 0.25) is 0 Å². The van der Waals surface area contributed by atoms with Crippen molar-refractivity contribution in [2.75, 3.05) is 7.11 Å². The van der Waals surface area contributed by atoms with Gasteiger partial charge < -0.3 is 4.74 Å². The predicted molar refractivity (Wildman–Crippen MR) is 60.5 cm³/mol. The van der Waals surface area contributed by atoms with Gasteiger partial charge in [0, 0.05) is 7.11 Å². The molecule has 1 atom stereocenters. The van der Waals surface area contributed by atoms with Crippen molar-refractivity contribution in [1.82, 2.24) is 0 Å². The number of hydrogen-bond donors (Lipinski definition) is 0. The van der Waals surface area contributed by atoms with Gasteiger partial charge in [-0.1, -0.05) is 43.7 Å². The van der Waals surface area contributed by atoms with Crippen molar-refractivity contribution < 1.29 is 4.74 Å². The first-order valence-electron chi connectivity index (χ1n) is 5.43. The molecular weight excluding hydrogens is 172 g/mol. The number of aryl methyl sites for hydroxylation is 1. The Bertz CT molecular complexity index is 230. The molecule has 0 fully saturated rings. The molecular formula is C13H20O. The number of methoxy groups -OCH3 is 1. The summed E-state index contributed by atoms with van der Waals surface area (Å²) in [6, 6.07) is 10.6. The average Bonchev–Trinajstić information content (AvgIpc) is 2.25. The number of benzene rings is 1. The summed E-state index contributed by atoms with van der Waals surface area (Å²) in [6.07, 6.45) is 5.06. The highest BCUT2D eigenvalue weighted by molar-refractivity contribution is 5.14. The lowest BCUT2D eigenvalue weighted by molar-refractivity contribution is 0.0876. The first-order chi connectivity index (χ1) is 6.86. The van der Waals surface area contributed by atoms with Crippen molar-refractivity contribution in [2.45, 2.75) is 38.7 Å². The summed E-state index contributed by atoms with van der Waals surface area (Å²) in [6.45, 7) is 2.20. The Labute approximate surface area is 87.1 Å². The van der Waals surface area contributed by atoms with Crippen molar-refractivity contribution in [3.63, 3.8) is 0 Å². The Morgan fingerprint density at radius 3 is 2.43 bits per heavy atom. The Balaban J connectivity index is 2.32. The molecule has 1 rings (SSSR count). The lowest BCUT2D eigenvalue weighted by atomic mass is 10.0. The predicted octanol–water partition coefficient (Wildman–Crippen LogP) is 3.43. The molecule has 0 spiro atoms. The number of rotatable bonds is 6. The second-order valence-electron chi connectivity index (χ2n) is 3.67. The normalized spacial score (nSPS) is 12.7. The average molecular weight is 192 g/mol. The van der Waals surface area contributed by atoms with E-state index in [1.54, 1.807) is 0 Å². The molecule has 14 heavy (non-hydrogen) atoms. The third-order valence-electron chi connectivity index (χ3n) is 2.54. The third kappa shape index (κ3) is 3.93. The molecule has 0 saturated carbocycles. The topological polar surface area (TPSA) is 9.23 Å². The van der Waals surface area contributed by atoms with Crippen LogP contribution in [0.3, 0.4) is 0 Å². The Hall–Kier alpha value is -0.820. The van der Waals surface area contributed by atoms with E-state index in [2.05, 4.69) is 37.3 Å². The van der Waals surface area contributed by atoms with Crippen LogP contribution >= 0.6 is 0 Å². The van der Waals surface area contributed by atoms with E-state index in [1.165, 1.54) is 18.4 Å². The summed E-state index contributed by atoms with van der Waals surface area (Å²) in [5.41, 5.74) is 1.41. The van der Waals surface area contributed by atoms with Crippen LogP contribution in [0.5, 0.6) is 0 Å². The highest BCUT2D eigenvalue weighted by Gasteiger charge is 2.05. The lowest BCUT2D eigenvalue weighted by Gasteiger charge is -2.13. The molecule has 0 heterocycles. The Kier molecular flexibility index (Phi) is 5.31. The van der Waals surface area contributed by atoms with Crippen LogP contribution in [0, 0.1) is 0 Å². The van der Waals surface area contributed by atoms with E-state index < -0.39 is 0 Å². The van der Waals surface area contributed by atoms with Gasteiger partial charge in [0.15, 0.2) is 0 Å². The first kappa shape index (κ1) is 11.3. The van der Waals surface area contributed by atoms with Crippen molar-refractivity contribution in [3.8, 4) is 0 Å². The summed E-state index contributed by atoms with van der Waals surface area (Å²) in [5.74, 6) is 0. The van der Waals surface area contributed by atoms with Gasteiger partial charge in [-0.2, -0.15) is 0 Å². The van der Waals surface area contributed by atoms with Crippen molar-refractivity contribution in [1.29, 1.82) is 0 Å². The summed E-state index contributed by atoms with van der Waals surface area (Å²) in [4.78, 5) is 0. The van der Waals surface area contributed by atoms with Gasteiger partial charge in [0.25, 0.3) is 0 Å². The molecule has 78 valence electrons. The number of ether oxygens (including phenoxy) is 1. The minimum Gasteiger partial charge on any atom is -0.381 e. The minimum absolute atomic E-state index is 0.431. The zero-order valence-electron chi connectivity index (χ0n) is 9.20. The van der Waals surface area contributed by atoms with Crippen LogP contribution in [0.4, 0.5) is 0 Å². The van der Waals surface area contributed by atoms with E-state index in [-0.39, 0.29) is 0 Å². The molecule has 0 amide bonds. The van der Waals surface area contributed by atoms with E-state index in [0.29, 0.717) is 6.10 Å². The third-order valence-corrected chi connectivity index (χ3v) is 2.54. The Morgan fingerprint density at radius 2 is 1.86 bits per heavy atom. The molecule has 1 heteroatoms. The summed E-state index contributed by atoms with van der Waals surface area (Å²) >= 11 is 0. The molecule has 0 aromatic heterocycles. The molecule has 1 nitrogen and oxygen atoms in total. The second-order valence-corrected chi connectivity index (χ2v) is 3.67. The van der Waals surface area contributed by atoms with Crippen LogP contribution in [-0.4, -0.2) is 13.2 Å². The van der Waals surface area contributed by atoms with Gasteiger partial charge in [0.05, 0.1) is 6.10 Å². The van der Waals surface area contributed by atoms with E-state index in [9.17, 15) is 0 Å². The summed E-state index contributed by atoms with van der Waals surface area (Å²) in [5, 5.41) is 0. The fraction of sp³-hybridized carbons (Fsp3) is 0.538. The van der Waals surface area contributed by atoms with Gasteiger partial charge in [-0.05, 0) is 24.8 Å². The maximum Gasteiger partial charge on any atom is 0.0574 e. The van der Waals surface area contributed by atoms with Gasteiger partial charge in [0.2, 0.25) is 0 Å². The minimum atomic E-state index is 0.431. The van der Waals surface area contributed by atoms with Gasteiger partial charge in [-0.25, -0.2) is 0 Å². The van der Waals surface area contributed by atoms with Crippen molar-refractivity contribution in [3.05, 3.63) is 35.9 Å². The lowest BCUT2D eigenvalue weighted by Crippen LogP contribution is -2.11. The van der Waals surface area contributed by atoms with Crippen LogP contribution in [0.15, 0.2) is 30.3 Å². The van der Waals surface area contributed by atoms with Crippen LogP contribution in [-0.2, 0) is 11.2 Å². The van der Waals surface area contributed by atoms with E-state index in [0.717, 1.165) is 12.8 Å². The van der Waals surface area contributed by atoms with Crippen LogP contribution in [0.25, 0.3) is 0 Å². The van der Waals surface area contributed by atoms with E-state index in [1.807, 2.05) is 7.11 Å². The summed E-state index contributed by atoms with van der Waals surface area (Å²) in [7, 11) is 1.81. The molecule has 1 aromatic rings. The van der Waals surface area contributed by atoms with E-state index >= 15 is 0 Å². The summed E-state index contributed by atoms with van der Waals surface area (Å²) < 4.78 is 5.41. The maximum atomic E-state index is 5.41. The fourth-order valence-electron chi connectivity index (χ4n) is 1.67. The SMILES string of the molecule is CCC[C@@H](CCc1ccccc1)OC. The molecule has 0 aliphatic carbocycles. The molecule has 0 saturated heterocycles. The number of hydrogen-bond acceptors (Lipinski definition) is 1. The molecule has 0 bridgehead atoms. The fourth-order valence-corrected chi connectivity index (χ4v) is 1.67. The molecule has 0 radical (unpaired) electrons. The highest BCUT2D eigenvalue weighted by atomic mass is 16.5. The zero-order valence-corrected chi connectivity index (χ0v) is 9.20. The van der Waals surface area contributed by atoms with Gasteiger partial charge in [0.1, 0.15) is 0 Å². The monoisotopic (exact) mass is 192 g/mol. The van der Waals surface area contributed by atoms with Crippen molar-refractivity contribution in [2.24, 2.45) is 0 Å². The molecule has 1 aromatic carbocycles. The first-order valence-corrected chi connectivity index (χ1v) is 5.43. The van der Waals surface area contributed by atoms with Crippen molar-refractivity contribution >= 4 is 0 Å². The molecule has 0 aliphatic rings. The molecule has 0 unspecified atom stereocenters. The standard InChI is InChI=1S/C13H20O/c1-3-7-13(14-2)11-10-12-8-5-4-6-9-12/h4-6,8-9,13H,3,7,10-11H2,1-2H3/t13-/m0/s1. The Morgan fingerprint density at radius 1 is 1.14 bits per heavy atom. The highest BCUT2D eigenvalue weighted by Crippen LogP contribution is 2.10. The smallest absolute Gasteiger partial charge is 0.0574 e. The quantitative estimate of drug-likeness (QED) is 0.671.